The lowest BCUT2D eigenvalue weighted by atomic mass is 10.0. The number of alkyl halides is 3. The molecule has 1 aromatic heterocycles. The van der Waals surface area contributed by atoms with Gasteiger partial charge in [-0.2, -0.15) is 18.3 Å². The molecule has 2 amide bonds. The van der Waals surface area contributed by atoms with Gasteiger partial charge in [-0.1, -0.05) is 6.92 Å². The Hall–Kier alpha value is -2.26. The first-order valence-electron chi connectivity index (χ1n) is 10.2. The van der Waals surface area contributed by atoms with Crippen molar-refractivity contribution in [3.05, 3.63) is 11.8 Å². The van der Waals surface area contributed by atoms with Crippen LogP contribution in [0.1, 0.15) is 56.8 Å². The Morgan fingerprint density at radius 1 is 1.38 bits per heavy atom. The molecule has 4 atom stereocenters. The van der Waals surface area contributed by atoms with Crippen molar-refractivity contribution in [2.75, 3.05) is 25.5 Å². The van der Waals surface area contributed by atoms with E-state index in [0.717, 1.165) is 11.1 Å². The molecule has 160 valence electrons. The topological polar surface area (TPSA) is 70.5 Å². The van der Waals surface area contributed by atoms with Gasteiger partial charge in [-0.25, -0.2) is 4.68 Å². The van der Waals surface area contributed by atoms with E-state index in [1.165, 1.54) is 0 Å². The van der Waals surface area contributed by atoms with Crippen molar-refractivity contribution in [3.63, 3.8) is 0 Å². The van der Waals surface area contributed by atoms with Crippen LogP contribution in [-0.4, -0.2) is 63.7 Å². The van der Waals surface area contributed by atoms with Crippen LogP contribution < -0.4 is 5.32 Å². The highest BCUT2D eigenvalue weighted by Gasteiger charge is 2.47. The fraction of sp³-hybridized carbons (Fsp3) is 0.737. The van der Waals surface area contributed by atoms with Crippen LogP contribution in [0, 0.1) is 5.92 Å². The molecule has 1 N–H and O–H groups in total. The molecular weight excluding hydrogens is 387 g/mol. The number of carbonyl (C=O) groups excluding carboxylic acids is 2. The van der Waals surface area contributed by atoms with Crippen molar-refractivity contribution in [1.82, 2.24) is 19.6 Å². The summed E-state index contributed by atoms with van der Waals surface area (Å²) in [6.07, 6.45) is -2.24. The first-order valence-corrected chi connectivity index (χ1v) is 10.2. The van der Waals surface area contributed by atoms with E-state index in [-0.39, 0.29) is 36.7 Å². The zero-order valence-corrected chi connectivity index (χ0v) is 16.6. The van der Waals surface area contributed by atoms with Crippen LogP contribution in [-0.2, 0) is 9.59 Å². The second-order valence-corrected chi connectivity index (χ2v) is 8.31. The Kier molecular flexibility index (Phi) is 4.98. The van der Waals surface area contributed by atoms with Crippen molar-refractivity contribution >= 4 is 17.6 Å². The number of hydrogen-bond donors (Lipinski definition) is 1. The third-order valence-electron chi connectivity index (χ3n) is 6.35. The quantitative estimate of drug-likeness (QED) is 0.827. The van der Waals surface area contributed by atoms with Crippen LogP contribution >= 0.6 is 0 Å². The summed E-state index contributed by atoms with van der Waals surface area (Å²) in [4.78, 5) is 28.1. The molecule has 0 spiro atoms. The van der Waals surface area contributed by atoms with E-state index in [1.807, 2.05) is 6.92 Å². The average molecular weight is 413 g/mol. The van der Waals surface area contributed by atoms with Crippen molar-refractivity contribution in [3.8, 4) is 0 Å². The predicted molar refractivity (Wildman–Crippen MR) is 99.1 cm³/mol. The first-order chi connectivity index (χ1) is 13.7. The van der Waals surface area contributed by atoms with Crippen LogP contribution in [0.4, 0.5) is 19.0 Å². The van der Waals surface area contributed by atoms with Crippen molar-refractivity contribution < 1.29 is 22.8 Å². The first kappa shape index (κ1) is 20.0. The Labute approximate surface area is 167 Å². The maximum absolute atomic E-state index is 13.6. The third kappa shape index (κ3) is 3.57. The number of nitrogens with zero attached hydrogens (tertiary/aromatic N) is 4. The molecule has 0 aromatic carbocycles. The minimum atomic E-state index is -4.38. The maximum atomic E-state index is 13.6. The molecule has 10 heteroatoms. The lowest BCUT2D eigenvalue weighted by Gasteiger charge is -2.32. The second-order valence-electron chi connectivity index (χ2n) is 8.31. The molecule has 0 bridgehead atoms. The average Bonchev–Trinajstić information content (AvgIpc) is 3.37. The van der Waals surface area contributed by atoms with Gasteiger partial charge < -0.3 is 15.1 Å². The normalized spacial score (nSPS) is 29.9. The number of rotatable bonds is 3. The zero-order valence-electron chi connectivity index (χ0n) is 16.6. The molecule has 0 radical (unpaired) electrons. The fourth-order valence-electron chi connectivity index (χ4n) is 4.70. The molecule has 3 aliphatic rings. The molecule has 2 saturated heterocycles. The van der Waals surface area contributed by atoms with Gasteiger partial charge in [-0.3, -0.25) is 9.59 Å². The van der Waals surface area contributed by atoms with Gasteiger partial charge >= 0.3 is 6.18 Å². The maximum Gasteiger partial charge on any atom is 0.410 e. The number of likely N-dealkylation sites (tertiary alicyclic amines) is 2. The van der Waals surface area contributed by atoms with E-state index in [4.69, 9.17) is 0 Å². The van der Waals surface area contributed by atoms with Crippen LogP contribution in [0.5, 0.6) is 0 Å². The van der Waals surface area contributed by atoms with Gasteiger partial charge in [0.25, 0.3) is 0 Å². The number of carbonyl (C=O) groups is 2. The number of hydrogen-bond acceptors (Lipinski definition) is 4. The Balaban J connectivity index is 1.59. The number of halogens is 3. The molecular formula is C19H26F3N5O2. The number of nitrogens with one attached hydrogen (secondary N) is 1. The highest BCUT2D eigenvalue weighted by molar-refractivity contribution is 5.89. The summed E-state index contributed by atoms with van der Waals surface area (Å²) in [5.74, 6) is -0.200. The van der Waals surface area contributed by atoms with Gasteiger partial charge in [-0.05, 0) is 25.7 Å². The summed E-state index contributed by atoms with van der Waals surface area (Å²) in [6, 6.07) is -0.621. The standard InChI is InChI=1S/C19H26F3N5O2/c1-3-12-8-15(19(20,21)22)27-16(23-12)9-13(24-27)14-5-4-6-26(14)18(29)11-7-17(28)25(2)10-11/h9,11-12,14-15,23H,3-8,10H2,1-2H3/t11?,12-,14?,15-/m1/s1. The second kappa shape index (κ2) is 7.21. The number of aromatic nitrogens is 2. The summed E-state index contributed by atoms with van der Waals surface area (Å²) in [6.45, 7) is 2.78. The molecule has 0 aliphatic carbocycles. The summed E-state index contributed by atoms with van der Waals surface area (Å²) in [5.41, 5.74) is 0.488. The SMILES string of the molecule is CC[C@@H]1C[C@H](C(F)(F)F)n2nc(C3CCCN3C(=O)C3CC(=O)N(C)C3)cc2N1. The molecule has 3 aliphatic heterocycles. The zero-order chi connectivity index (χ0) is 20.9. The Morgan fingerprint density at radius 3 is 2.76 bits per heavy atom. The van der Waals surface area contributed by atoms with E-state index in [9.17, 15) is 22.8 Å². The van der Waals surface area contributed by atoms with Gasteiger partial charge in [-0.15, -0.1) is 0 Å². The summed E-state index contributed by atoms with van der Waals surface area (Å²) in [5, 5.41) is 7.45. The van der Waals surface area contributed by atoms with Crippen LogP contribution in [0.15, 0.2) is 6.07 Å². The molecule has 2 unspecified atom stereocenters. The highest BCUT2D eigenvalue weighted by atomic mass is 19.4. The molecule has 2 fully saturated rings. The lowest BCUT2D eigenvalue weighted by molar-refractivity contribution is -0.173. The van der Waals surface area contributed by atoms with Crippen LogP contribution in [0.2, 0.25) is 0 Å². The molecule has 0 saturated carbocycles. The van der Waals surface area contributed by atoms with E-state index < -0.39 is 18.1 Å². The Morgan fingerprint density at radius 2 is 2.14 bits per heavy atom. The largest absolute Gasteiger partial charge is 0.410 e. The summed E-state index contributed by atoms with van der Waals surface area (Å²) >= 11 is 0. The minimum absolute atomic E-state index is 0.0561. The fourth-order valence-corrected chi connectivity index (χ4v) is 4.70. The van der Waals surface area contributed by atoms with Gasteiger partial charge in [0.05, 0.1) is 17.7 Å². The van der Waals surface area contributed by atoms with E-state index >= 15 is 0 Å². The Bertz CT molecular complexity index is 808. The molecule has 4 rings (SSSR count). The smallest absolute Gasteiger partial charge is 0.367 e. The predicted octanol–water partition coefficient (Wildman–Crippen LogP) is 2.72. The van der Waals surface area contributed by atoms with Crippen molar-refractivity contribution in [1.29, 1.82) is 0 Å². The summed E-state index contributed by atoms with van der Waals surface area (Å²) < 4.78 is 41.9. The molecule has 1 aromatic rings. The minimum Gasteiger partial charge on any atom is -0.367 e. The van der Waals surface area contributed by atoms with Crippen LogP contribution in [0.3, 0.4) is 0 Å². The monoisotopic (exact) mass is 413 g/mol. The van der Waals surface area contributed by atoms with Gasteiger partial charge in [0.15, 0.2) is 6.04 Å². The van der Waals surface area contributed by atoms with Gasteiger partial charge in [0, 0.05) is 38.7 Å². The molecule has 7 nitrogen and oxygen atoms in total. The summed E-state index contributed by atoms with van der Waals surface area (Å²) in [7, 11) is 1.67. The molecule has 29 heavy (non-hydrogen) atoms. The van der Waals surface area contributed by atoms with E-state index in [0.29, 0.717) is 37.4 Å². The number of amides is 2. The number of fused-ring (bicyclic) bond motifs is 1. The van der Waals surface area contributed by atoms with E-state index in [1.54, 1.807) is 22.9 Å². The van der Waals surface area contributed by atoms with Crippen molar-refractivity contribution in [2.45, 2.75) is 63.3 Å². The van der Waals surface area contributed by atoms with Gasteiger partial charge in [0.2, 0.25) is 11.8 Å². The highest BCUT2D eigenvalue weighted by Crippen LogP contribution is 2.42. The molecule has 4 heterocycles. The van der Waals surface area contributed by atoms with Gasteiger partial charge in [0.1, 0.15) is 5.82 Å². The third-order valence-corrected chi connectivity index (χ3v) is 6.35. The number of anilines is 1. The van der Waals surface area contributed by atoms with Crippen LogP contribution in [0.25, 0.3) is 0 Å². The lowest BCUT2D eigenvalue weighted by Crippen LogP contribution is -2.39. The van der Waals surface area contributed by atoms with E-state index in [2.05, 4.69) is 10.4 Å². The van der Waals surface area contributed by atoms with Crippen molar-refractivity contribution in [2.24, 2.45) is 5.92 Å².